The molecule has 30 heavy (non-hydrogen) atoms. The monoisotopic (exact) mass is 472 g/mol. The van der Waals surface area contributed by atoms with Gasteiger partial charge in [0, 0.05) is 25.5 Å². The summed E-state index contributed by atoms with van der Waals surface area (Å²) < 4.78 is 7.94. The third-order valence-electron chi connectivity index (χ3n) is 4.14. The molecule has 156 valence electrons. The second-order valence-corrected chi connectivity index (χ2v) is 7.41. The number of furan rings is 1. The molecule has 10 heteroatoms. The topological polar surface area (TPSA) is 105 Å². The van der Waals surface area contributed by atoms with Crippen molar-refractivity contribution >= 4 is 39.9 Å². The third kappa shape index (κ3) is 4.77. The fourth-order valence-corrected chi connectivity index (χ4v) is 3.16. The molecular formula is C20H21BrN6O3. The van der Waals surface area contributed by atoms with Gasteiger partial charge >= 0.3 is 0 Å². The summed E-state index contributed by atoms with van der Waals surface area (Å²) in [5.41, 5.74) is 1.94. The first-order chi connectivity index (χ1) is 14.4. The van der Waals surface area contributed by atoms with Crippen LogP contribution in [0.25, 0.3) is 0 Å². The van der Waals surface area contributed by atoms with Crippen molar-refractivity contribution in [1.29, 1.82) is 0 Å². The largest absolute Gasteiger partial charge is 0.452 e. The van der Waals surface area contributed by atoms with Crippen LogP contribution in [0.1, 0.15) is 18.7 Å². The van der Waals surface area contributed by atoms with Crippen LogP contribution in [0.15, 0.2) is 69.1 Å². The van der Waals surface area contributed by atoms with E-state index >= 15 is 0 Å². The number of carbonyl (C=O) groups is 2. The standard InChI is InChI=1S/C17H14BrN5O2.C3H7NO/c1-10-14(16(24)22-11-5-3-2-4-6-11)15(12-7-8-13(18)25-12)23-17(21-10)19-9-20-23;1-4(2)3-5/h2-9,15H,1H3,(H,22,24)(H,19,20,21);3H,1-2H3. The number of fused-ring (bicyclic) bond motifs is 1. The minimum absolute atomic E-state index is 0.227. The highest BCUT2D eigenvalue weighted by Gasteiger charge is 2.35. The summed E-state index contributed by atoms with van der Waals surface area (Å²) in [6.07, 6.45) is 2.19. The number of para-hydroxylation sites is 1. The summed E-state index contributed by atoms with van der Waals surface area (Å²) in [4.78, 5) is 28.0. The Balaban J connectivity index is 0.000000461. The number of amides is 2. The van der Waals surface area contributed by atoms with Crippen LogP contribution in [0, 0.1) is 0 Å². The van der Waals surface area contributed by atoms with E-state index in [9.17, 15) is 9.59 Å². The minimum Gasteiger partial charge on any atom is -0.452 e. The van der Waals surface area contributed by atoms with Crippen LogP contribution in [0.2, 0.25) is 0 Å². The van der Waals surface area contributed by atoms with E-state index in [0.717, 1.165) is 12.1 Å². The van der Waals surface area contributed by atoms with Gasteiger partial charge in [-0.2, -0.15) is 10.1 Å². The lowest BCUT2D eigenvalue weighted by atomic mass is 10.00. The number of hydrogen-bond acceptors (Lipinski definition) is 6. The predicted octanol–water partition coefficient (Wildman–Crippen LogP) is 3.27. The Labute approximate surface area is 181 Å². The van der Waals surface area contributed by atoms with Crippen molar-refractivity contribution in [2.75, 3.05) is 24.7 Å². The Morgan fingerprint density at radius 3 is 2.57 bits per heavy atom. The molecule has 0 fully saturated rings. The lowest BCUT2D eigenvalue weighted by Crippen LogP contribution is -2.31. The minimum atomic E-state index is -0.506. The van der Waals surface area contributed by atoms with Crippen LogP contribution in [0.4, 0.5) is 11.6 Å². The molecule has 9 nitrogen and oxygen atoms in total. The first-order valence-electron chi connectivity index (χ1n) is 9.01. The predicted molar refractivity (Wildman–Crippen MR) is 116 cm³/mol. The van der Waals surface area contributed by atoms with Gasteiger partial charge in [-0.1, -0.05) is 18.2 Å². The fourth-order valence-electron chi connectivity index (χ4n) is 2.84. The van der Waals surface area contributed by atoms with Crippen LogP contribution >= 0.6 is 15.9 Å². The van der Waals surface area contributed by atoms with Crippen molar-refractivity contribution < 1.29 is 14.0 Å². The quantitative estimate of drug-likeness (QED) is 0.564. The summed E-state index contributed by atoms with van der Waals surface area (Å²) >= 11 is 3.31. The van der Waals surface area contributed by atoms with Crippen molar-refractivity contribution in [3.05, 3.63) is 70.5 Å². The molecule has 2 N–H and O–H groups in total. The lowest BCUT2D eigenvalue weighted by molar-refractivity contribution is -0.116. The van der Waals surface area contributed by atoms with Gasteiger partial charge in [-0.15, -0.1) is 0 Å². The molecule has 0 aliphatic carbocycles. The van der Waals surface area contributed by atoms with Gasteiger partial charge in [-0.3, -0.25) is 9.59 Å². The third-order valence-corrected chi connectivity index (χ3v) is 4.57. The molecule has 3 aromatic rings. The van der Waals surface area contributed by atoms with Gasteiger partial charge in [0.2, 0.25) is 12.4 Å². The highest BCUT2D eigenvalue weighted by atomic mass is 79.9. The van der Waals surface area contributed by atoms with Crippen molar-refractivity contribution in [2.45, 2.75) is 13.0 Å². The molecule has 0 radical (unpaired) electrons. The number of nitrogens with zero attached hydrogens (tertiary/aromatic N) is 4. The number of nitrogens with one attached hydrogen (secondary N) is 2. The highest BCUT2D eigenvalue weighted by Crippen LogP contribution is 2.36. The van der Waals surface area contributed by atoms with Crippen molar-refractivity contribution in [1.82, 2.24) is 19.7 Å². The number of aromatic nitrogens is 3. The van der Waals surface area contributed by atoms with E-state index < -0.39 is 6.04 Å². The number of benzene rings is 1. The number of hydrogen-bond donors (Lipinski definition) is 2. The molecule has 0 bridgehead atoms. The summed E-state index contributed by atoms with van der Waals surface area (Å²) in [6, 6.07) is 12.4. The van der Waals surface area contributed by atoms with Gasteiger partial charge in [0.15, 0.2) is 4.67 Å². The number of halogens is 1. The smallest absolute Gasteiger partial charge is 0.256 e. The van der Waals surface area contributed by atoms with Gasteiger partial charge in [0.1, 0.15) is 18.1 Å². The molecule has 1 aliphatic heterocycles. The lowest BCUT2D eigenvalue weighted by Gasteiger charge is -2.27. The molecule has 1 aliphatic rings. The Kier molecular flexibility index (Phi) is 6.68. The molecule has 0 saturated carbocycles. The molecule has 3 heterocycles. The first-order valence-corrected chi connectivity index (χ1v) is 9.80. The second-order valence-electron chi connectivity index (χ2n) is 6.63. The number of anilines is 2. The average Bonchev–Trinajstić information content (AvgIpc) is 3.36. The average molecular weight is 473 g/mol. The molecule has 1 aromatic carbocycles. The van der Waals surface area contributed by atoms with Crippen LogP contribution in [-0.2, 0) is 9.59 Å². The summed E-state index contributed by atoms with van der Waals surface area (Å²) in [6.45, 7) is 1.84. The van der Waals surface area contributed by atoms with Gasteiger partial charge in [0.25, 0.3) is 5.91 Å². The van der Waals surface area contributed by atoms with Crippen LogP contribution in [-0.4, -0.2) is 46.1 Å². The van der Waals surface area contributed by atoms with Crippen molar-refractivity contribution in [2.24, 2.45) is 0 Å². The maximum absolute atomic E-state index is 13.0. The number of carbonyl (C=O) groups excluding carboxylic acids is 2. The summed E-state index contributed by atoms with van der Waals surface area (Å²) in [5, 5.41) is 10.3. The molecular weight excluding hydrogens is 452 g/mol. The van der Waals surface area contributed by atoms with Gasteiger partial charge in [-0.25, -0.2) is 4.68 Å². The van der Waals surface area contributed by atoms with Gasteiger partial charge in [0.05, 0.1) is 5.57 Å². The maximum Gasteiger partial charge on any atom is 0.256 e. The SMILES string of the molecule is CC1=C(C(=O)Nc2ccccc2)C(c2ccc(Br)o2)n2ncnc2N1.CN(C)C=O. The molecule has 0 spiro atoms. The molecule has 2 amide bonds. The summed E-state index contributed by atoms with van der Waals surface area (Å²) in [5.74, 6) is 0.929. The molecule has 0 saturated heterocycles. The van der Waals surface area contributed by atoms with E-state index in [4.69, 9.17) is 4.42 Å². The number of rotatable bonds is 4. The van der Waals surface area contributed by atoms with E-state index in [1.807, 2.05) is 43.3 Å². The van der Waals surface area contributed by atoms with Gasteiger partial charge in [-0.05, 0) is 47.1 Å². The fraction of sp³-hybridized carbons (Fsp3) is 0.200. The highest BCUT2D eigenvalue weighted by molar-refractivity contribution is 9.10. The van der Waals surface area contributed by atoms with Gasteiger partial charge < -0.3 is 20.0 Å². The Bertz CT molecular complexity index is 1060. The van der Waals surface area contributed by atoms with E-state index in [2.05, 4.69) is 36.6 Å². The van der Waals surface area contributed by atoms with Crippen LogP contribution in [0.5, 0.6) is 0 Å². The second kappa shape index (κ2) is 9.40. The zero-order valence-electron chi connectivity index (χ0n) is 16.7. The zero-order valence-corrected chi connectivity index (χ0v) is 18.3. The molecule has 4 rings (SSSR count). The number of allylic oxidation sites excluding steroid dienone is 1. The summed E-state index contributed by atoms with van der Waals surface area (Å²) in [7, 11) is 3.38. The zero-order chi connectivity index (χ0) is 21.7. The van der Waals surface area contributed by atoms with E-state index in [1.54, 1.807) is 24.8 Å². The van der Waals surface area contributed by atoms with Crippen molar-refractivity contribution in [3.8, 4) is 0 Å². The Morgan fingerprint density at radius 1 is 1.27 bits per heavy atom. The maximum atomic E-state index is 13.0. The first kappa shape index (κ1) is 21.3. The van der Waals surface area contributed by atoms with E-state index in [1.165, 1.54) is 11.2 Å². The van der Waals surface area contributed by atoms with Crippen molar-refractivity contribution in [3.63, 3.8) is 0 Å². The normalized spacial score (nSPS) is 14.7. The molecule has 1 unspecified atom stereocenters. The Hall–Kier alpha value is -3.40. The van der Waals surface area contributed by atoms with Crippen LogP contribution in [0.3, 0.4) is 0 Å². The molecule has 1 atom stereocenters. The molecule has 2 aromatic heterocycles. The van der Waals surface area contributed by atoms with Crippen LogP contribution < -0.4 is 10.6 Å². The van der Waals surface area contributed by atoms with E-state index in [0.29, 0.717) is 27.6 Å². The Morgan fingerprint density at radius 2 is 1.97 bits per heavy atom. The van der Waals surface area contributed by atoms with E-state index in [-0.39, 0.29) is 5.91 Å².